The molecule has 2 heterocycles. The topological polar surface area (TPSA) is 73.6 Å². The van der Waals surface area contributed by atoms with Crippen LogP contribution in [0.1, 0.15) is 23.1 Å². The first-order valence-electron chi connectivity index (χ1n) is 10.8. The molecule has 0 bridgehead atoms. The maximum atomic E-state index is 13.9. The second-order valence-electron chi connectivity index (χ2n) is 7.91. The van der Waals surface area contributed by atoms with Gasteiger partial charge >= 0.3 is 0 Å². The van der Waals surface area contributed by atoms with E-state index in [1.165, 1.54) is 4.90 Å². The molecule has 0 saturated carbocycles. The molecule has 2 aliphatic rings. The molecule has 6 nitrogen and oxygen atoms in total. The van der Waals surface area contributed by atoms with E-state index in [0.29, 0.717) is 40.4 Å². The Morgan fingerprint density at radius 2 is 1.64 bits per heavy atom. The van der Waals surface area contributed by atoms with Crippen molar-refractivity contribution in [2.75, 3.05) is 23.5 Å². The lowest BCUT2D eigenvalue weighted by molar-refractivity contribution is -0.120. The number of aryl methyl sites for hydroxylation is 1. The molecule has 0 fully saturated rings. The summed E-state index contributed by atoms with van der Waals surface area (Å²) >= 11 is 0. The van der Waals surface area contributed by atoms with Crippen molar-refractivity contribution in [1.29, 1.82) is 5.26 Å². The van der Waals surface area contributed by atoms with Crippen molar-refractivity contribution in [3.63, 3.8) is 0 Å². The molecule has 0 aliphatic carbocycles. The number of hydrogen-bond donors (Lipinski definition) is 0. The van der Waals surface area contributed by atoms with Gasteiger partial charge in [0.25, 0.3) is 11.8 Å². The monoisotopic (exact) mass is 435 g/mol. The standard InChI is InChI=1S/C27H21N3O3/c1-33-23-11-5-3-9-21(23)24-25(29-16-6-8-19-7-2-4-10-22(19)29)27(32)30(26(24)31)20-14-12-18(17-28)13-15-20/h2-5,7,9-15H,6,8,16H2,1H3. The molecule has 2 aliphatic heterocycles. The lowest BCUT2D eigenvalue weighted by atomic mass is 9.98. The summed E-state index contributed by atoms with van der Waals surface area (Å²) in [6.45, 7) is 0.630. The highest BCUT2D eigenvalue weighted by atomic mass is 16.5. The van der Waals surface area contributed by atoms with Crippen molar-refractivity contribution in [2.45, 2.75) is 12.8 Å². The van der Waals surface area contributed by atoms with E-state index in [1.54, 1.807) is 43.5 Å². The molecule has 0 N–H and O–H groups in total. The molecule has 2 amide bonds. The Labute approximate surface area is 191 Å². The van der Waals surface area contributed by atoms with E-state index in [4.69, 9.17) is 10.00 Å². The summed E-state index contributed by atoms with van der Waals surface area (Å²) in [5, 5.41) is 9.13. The number of nitrogens with zero attached hydrogens (tertiary/aromatic N) is 3. The van der Waals surface area contributed by atoms with Gasteiger partial charge in [-0.25, -0.2) is 4.90 Å². The normalized spacial score (nSPS) is 15.5. The molecular weight excluding hydrogens is 414 g/mol. The van der Waals surface area contributed by atoms with Crippen molar-refractivity contribution in [3.05, 3.63) is 95.2 Å². The Morgan fingerprint density at radius 3 is 2.39 bits per heavy atom. The van der Waals surface area contributed by atoms with Crippen LogP contribution in [0.5, 0.6) is 5.75 Å². The number of fused-ring (bicyclic) bond motifs is 1. The third-order valence-corrected chi connectivity index (χ3v) is 6.07. The fraction of sp³-hybridized carbons (Fsp3) is 0.148. The van der Waals surface area contributed by atoms with E-state index >= 15 is 0 Å². The van der Waals surface area contributed by atoms with E-state index in [1.807, 2.05) is 35.2 Å². The van der Waals surface area contributed by atoms with E-state index < -0.39 is 5.91 Å². The van der Waals surface area contributed by atoms with Gasteiger partial charge in [-0.2, -0.15) is 5.26 Å². The molecule has 3 aromatic carbocycles. The number of rotatable bonds is 4. The van der Waals surface area contributed by atoms with Crippen LogP contribution < -0.4 is 14.5 Å². The van der Waals surface area contributed by atoms with Crippen molar-refractivity contribution >= 4 is 28.8 Å². The SMILES string of the molecule is COc1ccccc1C1=C(N2CCCc3ccccc32)C(=O)N(c2ccc(C#N)cc2)C1=O. The van der Waals surface area contributed by atoms with Gasteiger partial charge in [0.15, 0.2) is 0 Å². The van der Waals surface area contributed by atoms with Crippen molar-refractivity contribution in [3.8, 4) is 11.8 Å². The third kappa shape index (κ3) is 3.35. The first-order valence-corrected chi connectivity index (χ1v) is 10.8. The summed E-state index contributed by atoms with van der Waals surface area (Å²) < 4.78 is 5.55. The van der Waals surface area contributed by atoms with Crippen LogP contribution in [0.25, 0.3) is 5.57 Å². The molecule has 0 radical (unpaired) electrons. The van der Waals surface area contributed by atoms with Crippen LogP contribution in [0, 0.1) is 11.3 Å². The summed E-state index contributed by atoms with van der Waals surface area (Å²) in [6, 6.07) is 23.8. The van der Waals surface area contributed by atoms with Gasteiger partial charge in [0.05, 0.1) is 30.0 Å². The van der Waals surface area contributed by atoms with Crippen LogP contribution >= 0.6 is 0 Å². The number of amides is 2. The minimum atomic E-state index is -0.410. The molecule has 5 rings (SSSR count). The zero-order chi connectivity index (χ0) is 22.9. The molecule has 0 spiro atoms. The second-order valence-corrected chi connectivity index (χ2v) is 7.91. The highest BCUT2D eigenvalue weighted by Gasteiger charge is 2.44. The molecule has 3 aromatic rings. The van der Waals surface area contributed by atoms with Gasteiger partial charge in [0.2, 0.25) is 0 Å². The van der Waals surface area contributed by atoms with Gasteiger partial charge in [-0.05, 0) is 54.8 Å². The quantitative estimate of drug-likeness (QED) is 0.571. The molecule has 6 heteroatoms. The van der Waals surface area contributed by atoms with Crippen molar-refractivity contribution in [1.82, 2.24) is 0 Å². The van der Waals surface area contributed by atoms with Crippen LogP contribution in [0.4, 0.5) is 11.4 Å². The van der Waals surface area contributed by atoms with E-state index in [2.05, 4.69) is 12.1 Å². The third-order valence-electron chi connectivity index (χ3n) is 6.07. The van der Waals surface area contributed by atoms with Crippen LogP contribution in [0.15, 0.2) is 78.5 Å². The first kappa shape index (κ1) is 20.5. The van der Waals surface area contributed by atoms with Gasteiger partial charge in [-0.3, -0.25) is 9.59 Å². The lowest BCUT2D eigenvalue weighted by Gasteiger charge is -2.32. The fourth-order valence-corrected chi connectivity index (χ4v) is 4.55. The number of anilines is 2. The number of para-hydroxylation sites is 2. The van der Waals surface area contributed by atoms with Crippen LogP contribution in [-0.2, 0) is 16.0 Å². The van der Waals surface area contributed by atoms with E-state index in [9.17, 15) is 9.59 Å². The zero-order valence-corrected chi connectivity index (χ0v) is 18.1. The molecule has 33 heavy (non-hydrogen) atoms. The maximum absolute atomic E-state index is 13.9. The predicted molar refractivity (Wildman–Crippen MR) is 126 cm³/mol. The molecule has 162 valence electrons. The number of benzene rings is 3. The van der Waals surface area contributed by atoms with Gasteiger partial charge < -0.3 is 9.64 Å². The van der Waals surface area contributed by atoms with E-state index in [0.717, 1.165) is 24.1 Å². The largest absolute Gasteiger partial charge is 0.496 e. The summed E-state index contributed by atoms with van der Waals surface area (Å²) in [5.41, 5.74) is 4.21. The number of ether oxygens (including phenoxy) is 1. The first-order chi connectivity index (χ1) is 16.1. The number of imide groups is 1. The summed E-state index contributed by atoms with van der Waals surface area (Å²) in [5.74, 6) is -0.271. The van der Waals surface area contributed by atoms with Gasteiger partial charge in [0.1, 0.15) is 11.4 Å². The zero-order valence-electron chi connectivity index (χ0n) is 18.1. The minimum absolute atomic E-state index is 0.318. The van der Waals surface area contributed by atoms with Crippen molar-refractivity contribution in [2.24, 2.45) is 0 Å². The molecular formula is C27H21N3O3. The number of carbonyl (C=O) groups excluding carboxylic acids is 2. The number of nitriles is 1. The highest BCUT2D eigenvalue weighted by Crippen LogP contribution is 2.41. The number of hydrogen-bond acceptors (Lipinski definition) is 5. The average molecular weight is 435 g/mol. The predicted octanol–water partition coefficient (Wildman–Crippen LogP) is 4.30. The smallest absolute Gasteiger partial charge is 0.282 e. The Bertz CT molecular complexity index is 1340. The Kier molecular flexibility index (Phi) is 5.15. The van der Waals surface area contributed by atoms with E-state index in [-0.39, 0.29) is 5.91 Å². The number of methoxy groups -OCH3 is 1. The summed E-state index contributed by atoms with van der Waals surface area (Å²) in [7, 11) is 1.55. The van der Waals surface area contributed by atoms with Crippen LogP contribution in [0.3, 0.4) is 0 Å². The minimum Gasteiger partial charge on any atom is -0.496 e. The molecule has 0 atom stereocenters. The molecule has 0 aromatic heterocycles. The second kappa shape index (κ2) is 8.29. The fourth-order valence-electron chi connectivity index (χ4n) is 4.55. The average Bonchev–Trinajstić information content (AvgIpc) is 3.13. The lowest BCUT2D eigenvalue weighted by Crippen LogP contribution is -2.37. The van der Waals surface area contributed by atoms with Crippen LogP contribution in [-0.4, -0.2) is 25.5 Å². The molecule has 0 unspecified atom stereocenters. The van der Waals surface area contributed by atoms with Gasteiger partial charge in [-0.15, -0.1) is 0 Å². The summed E-state index contributed by atoms with van der Waals surface area (Å²) in [4.78, 5) is 30.8. The van der Waals surface area contributed by atoms with Crippen LogP contribution in [0.2, 0.25) is 0 Å². The summed E-state index contributed by atoms with van der Waals surface area (Å²) in [6.07, 6.45) is 1.80. The highest BCUT2D eigenvalue weighted by molar-refractivity contribution is 6.46. The maximum Gasteiger partial charge on any atom is 0.282 e. The van der Waals surface area contributed by atoms with Gasteiger partial charge in [-0.1, -0.05) is 36.4 Å². The Morgan fingerprint density at radius 1 is 0.909 bits per heavy atom. The molecule has 0 saturated heterocycles. The number of carbonyl (C=O) groups is 2. The Hall–Kier alpha value is -4.37. The van der Waals surface area contributed by atoms with Crippen molar-refractivity contribution < 1.29 is 14.3 Å². The van der Waals surface area contributed by atoms with Gasteiger partial charge in [0, 0.05) is 17.8 Å². The Balaban J connectivity index is 1.71.